The van der Waals surface area contributed by atoms with Crippen molar-refractivity contribution in [2.24, 2.45) is 0 Å². The molecule has 0 saturated heterocycles. The SMILES string of the molecule is Cc1ccc(C)c(OCCC(C#N)c2cccc(N(C)C)c2)c1. The average Bonchev–Trinajstić information content (AvgIpc) is 2.54. The second kappa shape index (κ2) is 7.69. The van der Waals surface area contributed by atoms with E-state index < -0.39 is 0 Å². The first-order chi connectivity index (χ1) is 11.0. The van der Waals surface area contributed by atoms with E-state index in [9.17, 15) is 5.26 Å². The van der Waals surface area contributed by atoms with Crippen molar-refractivity contribution in [3.63, 3.8) is 0 Å². The molecule has 1 atom stereocenters. The fourth-order valence-electron chi connectivity index (χ4n) is 2.48. The van der Waals surface area contributed by atoms with Gasteiger partial charge in [-0.25, -0.2) is 0 Å². The van der Waals surface area contributed by atoms with Crippen molar-refractivity contribution in [1.29, 1.82) is 5.26 Å². The van der Waals surface area contributed by atoms with E-state index in [4.69, 9.17) is 4.74 Å². The predicted molar refractivity (Wildman–Crippen MR) is 95.2 cm³/mol. The number of nitrogens with zero attached hydrogens (tertiary/aromatic N) is 2. The van der Waals surface area contributed by atoms with E-state index in [2.05, 4.69) is 31.2 Å². The van der Waals surface area contributed by atoms with Crippen LogP contribution in [0, 0.1) is 25.2 Å². The number of ether oxygens (including phenoxy) is 1. The number of aryl methyl sites for hydroxylation is 2. The summed E-state index contributed by atoms with van der Waals surface area (Å²) in [5, 5.41) is 9.49. The van der Waals surface area contributed by atoms with Gasteiger partial charge in [0.2, 0.25) is 0 Å². The zero-order valence-electron chi connectivity index (χ0n) is 14.3. The molecule has 0 bridgehead atoms. The normalized spacial score (nSPS) is 11.6. The second-order valence-corrected chi connectivity index (χ2v) is 6.08. The largest absolute Gasteiger partial charge is 0.493 e. The summed E-state index contributed by atoms with van der Waals surface area (Å²) in [5.41, 5.74) is 4.46. The molecule has 0 amide bonds. The van der Waals surface area contributed by atoms with Crippen molar-refractivity contribution in [1.82, 2.24) is 0 Å². The van der Waals surface area contributed by atoms with Crippen molar-refractivity contribution in [2.75, 3.05) is 25.6 Å². The summed E-state index contributed by atoms with van der Waals surface area (Å²) in [6, 6.07) is 16.7. The molecular weight excluding hydrogens is 284 g/mol. The molecular formula is C20H24N2O. The molecule has 3 heteroatoms. The summed E-state index contributed by atoms with van der Waals surface area (Å²) in [6.45, 7) is 4.63. The molecule has 0 aliphatic rings. The summed E-state index contributed by atoms with van der Waals surface area (Å²) in [4.78, 5) is 2.05. The van der Waals surface area contributed by atoms with Crippen LogP contribution in [-0.4, -0.2) is 20.7 Å². The number of benzene rings is 2. The zero-order chi connectivity index (χ0) is 16.8. The van der Waals surface area contributed by atoms with Gasteiger partial charge in [-0.05, 0) is 48.7 Å². The molecule has 23 heavy (non-hydrogen) atoms. The summed E-state index contributed by atoms with van der Waals surface area (Å²) >= 11 is 0. The van der Waals surface area contributed by atoms with Crippen LogP contribution in [0.3, 0.4) is 0 Å². The summed E-state index contributed by atoms with van der Waals surface area (Å²) < 4.78 is 5.89. The lowest BCUT2D eigenvalue weighted by Crippen LogP contribution is -2.10. The highest BCUT2D eigenvalue weighted by molar-refractivity contribution is 5.48. The lowest BCUT2D eigenvalue weighted by molar-refractivity contribution is 0.304. The Morgan fingerprint density at radius 1 is 1.13 bits per heavy atom. The van der Waals surface area contributed by atoms with Crippen LogP contribution in [0.5, 0.6) is 5.75 Å². The van der Waals surface area contributed by atoms with Crippen LogP contribution in [0.15, 0.2) is 42.5 Å². The Bertz CT molecular complexity index is 701. The number of rotatable bonds is 6. The molecule has 0 aliphatic carbocycles. The highest BCUT2D eigenvalue weighted by Gasteiger charge is 2.12. The summed E-state index contributed by atoms with van der Waals surface area (Å²) in [6.07, 6.45) is 0.681. The van der Waals surface area contributed by atoms with Gasteiger partial charge in [0, 0.05) is 26.2 Å². The van der Waals surface area contributed by atoms with Crippen LogP contribution in [0.4, 0.5) is 5.69 Å². The van der Waals surface area contributed by atoms with E-state index in [1.807, 2.05) is 50.2 Å². The van der Waals surface area contributed by atoms with Crippen LogP contribution in [0.2, 0.25) is 0 Å². The minimum Gasteiger partial charge on any atom is -0.493 e. The third-order valence-corrected chi connectivity index (χ3v) is 3.95. The van der Waals surface area contributed by atoms with Crippen molar-refractivity contribution < 1.29 is 4.74 Å². The molecule has 120 valence electrons. The van der Waals surface area contributed by atoms with Gasteiger partial charge in [-0.3, -0.25) is 0 Å². The Morgan fingerprint density at radius 3 is 2.61 bits per heavy atom. The topological polar surface area (TPSA) is 36.3 Å². The fourth-order valence-corrected chi connectivity index (χ4v) is 2.48. The van der Waals surface area contributed by atoms with Crippen LogP contribution < -0.4 is 9.64 Å². The quantitative estimate of drug-likeness (QED) is 0.791. The van der Waals surface area contributed by atoms with Gasteiger partial charge in [-0.1, -0.05) is 24.3 Å². The molecule has 2 aromatic rings. The van der Waals surface area contributed by atoms with E-state index in [1.54, 1.807) is 0 Å². The average molecular weight is 308 g/mol. The maximum absolute atomic E-state index is 9.49. The lowest BCUT2D eigenvalue weighted by Gasteiger charge is -2.16. The highest BCUT2D eigenvalue weighted by atomic mass is 16.5. The molecule has 0 aliphatic heterocycles. The Kier molecular flexibility index (Phi) is 5.65. The molecule has 0 N–H and O–H groups in total. The molecule has 1 unspecified atom stereocenters. The fraction of sp³-hybridized carbons (Fsp3) is 0.350. The first kappa shape index (κ1) is 16.9. The number of anilines is 1. The molecule has 0 heterocycles. The van der Waals surface area contributed by atoms with Gasteiger partial charge in [0.25, 0.3) is 0 Å². The van der Waals surface area contributed by atoms with Gasteiger partial charge in [0.15, 0.2) is 0 Å². The summed E-state index contributed by atoms with van der Waals surface area (Å²) in [5.74, 6) is 0.753. The first-order valence-corrected chi connectivity index (χ1v) is 7.88. The number of nitriles is 1. The summed E-state index contributed by atoms with van der Waals surface area (Å²) in [7, 11) is 4.01. The van der Waals surface area contributed by atoms with Crippen molar-refractivity contribution >= 4 is 5.69 Å². The minimum atomic E-state index is -0.153. The Morgan fingerprint density at radius 2 is 1.91 bits per heavy atom. The molecule has 0 radical (unpaired) electrons. The molecule has 0 aromatic heterocycles. The van der Waals surface area contributed by atoms with Gasteiger partial charge < -0.3 is 9.64 Å². The van der Waals surface area contributed by atoms with Crippen LogP contribution in [0.1, 0.15) is 29.0 Å². The Balaban J connectivity index is 2.02. The molecule has 0 spiro atoms. The smallest absolute Gasteiger partial charge is 0.122 e. The third-order valence-electron chi connectivity index (χ3n) is 3.95. The third kappa shape index (κ3) is 4.50. The predicted octanol–water partition coefficient (Wildman–Crippen LogP) is 4.45. The van der Waals surface area contributed by atoms with Crippen LogP contribution in [-0.2, 0) is 0 Å². The van der Waals surface area contributed by atoms with Gasteiger partial charge in [-0.15, -0.1) is 0 Å². The number of hydrogen-bond acceptors (Lipinski definition) is 3. The van der Waals surface area contributed by atoms with E-state index in [0.717, 1.165) is 22.6 Å². The Labute approximate surface area is 139 Å². The number of hydrogen-bond donors (Lipinski definition) is 0. The van der Waals surface area contributed by atoms with E-state index in [0.29, 0.717) is 13.0 Å². The highest BCUT2D eigenvalue weighted by Crippen LogP contribution is 2.25. The minimum absolute atomic E-state index is 0.153. The molecule has 0 fully saturated rings. The molecule has 2 rings (SSSR count). The lowest BCUT2D eigenvalue weighted by atomic mass is 9.97. The first-order valence-electron chi connectivity index (χ1n) is 7.88. The van der Waals surface area contributed by atoms with Crippen LogP contribution >= 0.6 is 0 Å². The standard InChI is InChI=1S/C20H24N2O/c1-15-8-9-16(2)20(12-15)23-11-10-18(14-21)17-6-5-7-19(13-17)22(3)4/h5-9,12-13,18H,10-11H2,1-4H3. The Hall–Kier alpha value is -2.47. The second-order valence-electron chi connectivity index (χ2n) is 6.08. The maximum Gasteiger partial charge on any atom is 0.122 e. The monoisotopic (exact) mass is 308 g/mol. The van der Waals surface area contributed by atoms with Gasteiger partial charge in [-0.2, -0.15) is 5.26 Å². The van der Waals surface area contributed by atoms with E-state index in [1.165, 1.54) is 5.56 Å². The zero-order valence-corrected chi connectivity index (χ0v) is 14.3. The molecule has 2 aromatic carbocycles. The van der Waals surface area contributed by atoms with Crippen molar-refractivity contribution in [2.45, 2.75) is 26.2 Å². The molecule has 3 nitrogen and oxygen atoms in total. The van der Waals surface area contributed by atoms with Gasteiger partial charge in [0.05, 0.1) is 18.6 Å². The molecule has 0 saturated carbocycles. The van der Waals surface area contributed by atoms with E-state index >= 15 is 0 Å². The van der Waals surface area contributed by atoms with Crippen molar-refractivity contribution in [3.05, 3.63) is 59.2 Å². The van der Waals surface area contributed by atoms with Crippen LogP contribution in [0.25, 0.3) is 0 Å². The van der Waals surface area contributed by atoms with Gasteiger partial charge >= 0.3 is 0 Å². The van der Waals surface area contributed by atoms with E-state index in [-0.39, 0.29) is 5.92 Å². The maximum atomic E-state index is 9.49. The van der Waals surface area contributed by atoms with Crippen molar-refractivity contribution in [3.8, 4) is 11.8 Å². The van der Waals surface area contributed by atoms with Gasteiger partial charge in [0.1, 0.15) is 5.75 Å².